The first-order valence-corrected chi connectivity index (χ1v) is 8.26. The van der Waals surface area contributed by atoms with Crippen molar-refractivity contribution in [3.05, 3.63) is 107 Å². The summed E-state index contributed by atoms with van der Waals surface area (Å²) in [6.07, 6.45) is 5.16. The van der Waals surface area contributed by atoms with Gasteiger partial charge in [-0.3, -0.25) is 9.79 Å². The number of ketones is 1. The number of hydrogen-bond donors (Lipinski definition) is 0. The van der Waals surface area contributed by atoms with Crippen molar-refractivity contribution in [1.29, 1.82) is 0 Å². The standard InChI is InChI=1S/C22H16ClNO/c23-20-13-10-19(11-14-20)22(25)15-12-18-8-4-5-9-21(18)24-16-17-6-2-1-3-7-17/h1-16H/b15-12+,24-16?. The lowest BCUT2D eigenvalue weighted by atomic mass is 10.1. The lowest BCUT2D eigenvalue weighted by molar-refractivity contribution is 0.104. The number of allylic oxidation sites excluding steroid dienone is 1. The predicted octanol–water partition coefficient (Wildman–Crippen LogP) is 5.99. The van der Waals surface area contributed by atoms with Crippen molar-refractivity contribution >= 4 is 35.4 Å². The van der Waals surface area contributed by atoms with Gasteiger partial charge in [0.25, 0.3) is 0 Å². The van der Waals surface area contributed by atoms with Crippen LogP contribution in [0.5, 0.6) is 0 Å². The average molecular weight is 346 g/mol. The molecule has 0 N–H and O–H groups in total. The molecule has 3 rings (SSSR count). The number of halogens is 1. The van der Waals surface area contributed by atoms with E-state index in [-0.39, 0.29) is 5.78 Å². The molecule has 0 heterocycles. The van der Waals surface area contributed by atoms with Gasteiger partial charge in [0.15, 0.2) is 5.78 Å². The van der Waals surface area contributed by atoms with E-state index < -0.39 is 0 Å². The fraction of sp³-hybridized carbons (Fsp3) is 0. The van der Waals surface area contributed by atoms with Crippen LogP contribution in [0.4, 0.5) is 5.69 Å². The van der Waals surface area contributed by atoms with Gasteiger partial charge in [-0.15, -0.1) is 0 Å². The first-order chi connectivity index (χ1) is 12.2. The second-order valence-electron chi connectivity index (χ2n) is 5.43. The van der Waals surface area contributed by atoms with E-state index in [1.807, 2.05) is 60.8 Å². The average Bonchev–Trinajstić information content (AvgIpc) is 2.66. The quantitative estimate of drug-likeness (QED) is 0.317. The predicted molar refractivity (Wildman–Crippen MR) is 105 cm³/mol. The minimum atomic E-state index is -0.0708. The van der Waals surface area contributed by atoms with Crippen LogP contribution < -0.4 is 0 Å². The maximum atomic E-state index is 12.3. The zero-order chi connectivity index (χ0) is 17.5. The van der Waals surface area contributed by atoms with E-state index in [2.05, 4.69) is 4.99 Å². The van der Waals surface area contributed by atoms with Crippen LogP contribution in [-0.4, -0.2) is 12.0 Å². The van der Waals surface area contributed by atoms with E-state index in [0.29, 0.717) is 10.6 Å². The van der Waals surface area contributed by atoms with Crippen molar-refractivity contribution in [3.8, 4) is 0 Å². The number of carbonyl (C=O) groups is 1. The minimum Gasteiger partial charge on any atom is -0.289 e. The molecule has 0 fully saturated rings. The van der Waals surface area contributed by atoms with Crippen molar-refractivity contribution in [1.82, 2.24) is 0 Å². The highest BCUT2D eigenvalue weighted by Gasteiger charge is 2.02. The molecule has 3 heteroatoms. The Balaban J connectivity index is 1.80. The van der Waals surface area contributed by atoms with Gasteiger partial charge in [0.1, 0.15) is 0 Å². The molecule has 0 saturated carbocycles. The molecule has 2 nitrogen and oxygen atoms in total. The van der Waals surface area contributed by atoms with Gasteiger partial charge in [-0.2, -0.15) is 0 Å². The highest BCUT2D eigenvalue weighted by Crippen LogP contribution is 2.20. The maximum Gasteiger partial charge on any atom is 0.185 e. The van der Waals surface area contributed by atoms with Gasteiger partial charge < -0.3 is 0 Å². The van der Waals surface area contributed by atoms with Crippen LogP contribution >= 0.6 is 11.6 Å². The summed E-state index contributed by atoms with van der Waals surface area (Å²) in [5, 5.41) is 0.612. The molecular weight excluding hydrogens is 330 g/mol. The van der Waals surface area contributed by atoms with E-state index in [1.165, 1.54) is 0 Å². The Morgan fingerprint density at radius 3 is 2.28 bits per heavy atom. The topological polar surface area (TPSA) is 29.4 Å². The Morgan fingerprint density at radius 2 is 1.52 bits per heavy atom. The van der Waals surface area contributed by atoms with E-state index in [0.717, 1.165) is 16.8 Å². The molecule has 0 aromatic heterocycles. The Labute approximate surface area is 152 Å². The molecule has 0 unspecified atom stereocenters. The lowest BCUT2D eigenvalue weighted by Gasteiger charge is -2.00. The number of para-hydroxylation sites is 1. The molecule has 0 bridgehead atoms. The number of benzene rings is 3. The first kappa shape index (κ1) is 16.9. The molecule has 3 aromatic carbocycles. The van der Waals surface area contributed by atoms with Gasteiger partial charge in [0.2, 0.25) is 0 Å². The third-order valence-corrected chi connectivity index (χ3v) is 3.88. The van der Waals surface area contributed by atoms with Crippen LogP contribution in [0, 0.1) is 0 Å². The van der Waals surface area contributed by atoms with Crippen LogP contribution in [0.15, 0.2) is 89.9 Å². The van der Waals surface area contributed by atoms with Gasteiger partial charge in [-0.05, 0) is 48.0 Å². The van der Waals surface area contributed by atoms with Crippen molar-refractivity contribution < 1.29 is 4.79 Å². The van der Waals surface area contributed by atoms with Gasteiger partial charge in [-0.25, -0.2) is 0 Å². The van der Waals surface area contributed by atoms with Crippen LogP contribution in [0.2, 0.25) is 5.02 Å². The van der Waals surface area contributed by atoms with Gasteiger partial charge >= 0.3 is 0 Å². The molecule has 0 atom stereocenters. The number of aliphatic imine (C=N–C) groups is 1. The maximum absolute atomic E-state index is 12.3. The molecule has 0 aliphatic heterocycles. The van der Waals surface area contributed by atoms with Crippen LogP contribution in [0.3, 0.4) is 0 Å². The van der Waals surface area contributed by atoms with Crippen LogP contribution in [-0.2, 0) is 0 Å². The largest absolute Gasteiger partial charge is 0.289 e. The summed E-state index contributed by atoms with van der Waals surface area (Å²) in [4.78, 5) is 16.8. The highest BCUT2D eigenvalue weighted by molar-refractivity contribution is 6.30. The Morgan fingerprint density at radius 1 is 0.840 bits per heavy atom. The van der Waals surface area contributed by atoms with E-state index >= 15 is 0 Å². The molecule has 0 radical (unpaired) electrons. The summed E-state index contributed by atoms with van der Waals surface area (Å²) in [6.45, 7) is 0. The first-order valence-electron chi connectivity index (χ1n) is 7.88. The second kappa shape index (κ2) is 8.22. The highest BCUT2D eigenvalue weighted by atomic mass is 35.5. The summed E-state index contributed by atoms with van der Waals surface area (Å²) in [5.41, 5.74) is 3.33. The monoisotopic (exact) mass is 345 g/mol. The van der Waals surface area contributed by atoms with Crippen LogP contribution in [0.25, 0.3) is 6.08 Å². The molecule has 0 saturated heterocycles. The number of hydrogen-bond acceptors (Lipinski definition) is 2. The second-order valence-corrected chi connectivity index (χ2v) is 5.87. The smallest absolute Gasteiger partial charge is 0.185 e. The normalized spacial score (nSPS) is 11.2. The van der Waals surface area contributed by atoms with E-state index in [1.54, 1.807) is 36.4 Å². The van der Waals surface area contributed by atoms with E-state index in [4.69, 9.17) is 11.6 Å². The SMILES string of the molecule is O=C(/C=C/c1ccccc1N=Cc1ccccc1)c1ccc(Cl)cc1. The fourth-order valence-electron chi connectivity index (χ4n) is 2.31. The van der Waals surface area contributed by atoms with Crippen molar-refractivity contribution in [2.24, 2.45) is 4.99 Å². The third-order valence-electron chi connectivity index (χ3n) is 3.63. The zero-order valence-corrected chi connectivity index (χ0v) is 14.2. The Kier molecular flexibility index (Phi) is 5.55. The molecule has 122 valence electrons. The molecular formula is C22H16ClNO. The van der Waals surface area contributed by atoms with Gasteiger partial charge in [0.05, 0.1) is 5.69 Å². The molecule has 25 heavy (non-hydrogen) atoms. The summed E-state index contributed by atoms with van der Waals surface area (Å²) in [6, 6.07) is 24.5. The van der Waals surface area contributed by atoms with Crippen molar-refractivity contribution in [2.75, 3.05) is 0 Å². The lowest BCUT2D eigenvalue weighted by Crippen LogP contribution is -1.93. The Bertz CT molecular complexity index is 912. The summed E-state index contributed by atoms with van der Waals surface area (Å²) >= 11 is 5.85. The van der Waals surface area contributed by atoms with Crippen molar-refractivity contribution in [2.45, 2.75) is 0 Å². The number of nitrogens with zero attached hydrogens (tertiary/aromatic N) is 1. The number of rotatable bonds is 5. The van der Waals surface area contributed by atoms with E-state index in [9.17, 15) is 4.79 Å². The molecule has 0 amide bonds. The number of carbonyl (C=O) groups excluding carboxylic acids is 1. The summed E-state index contributed by atoms with van der Waals surface area (Å²) in [7, 11) is 0. The van der Waals surface area contributed by atoms with Gasteiger partial charge in [0, 0.05) is 22.4 Å². The zero-order valence-electron chi connectivity index (χ0n) is 13.5. The summed E-state index contributed by atoms with van der Waals surface area (Å²) < 4.78 is 0. The minimum absolute atomic E-state index is 0.0708. The Hall–Kier alpha value is -2.97. The third kappa shape index (κ3) is 4.75. The van der Waals surface area contributed by atoms with Crippen LogP contribution in [0.1, 0.15) is 21.5 Å². The molecule has 3 aromatic rings. The molecule has 0 aliphatic carbocycles. The summed E-state index contributed by atoms with van der Waals surface area (Å²) in [5.74, 6) is -0.0708. The molecule has 0 aliphatic rings. The molecule has 0 spiro atoms. The fourth-order valence-corrected chi connectivity index (χ4v) is 2.43. The van der Waals surface area contributed by atoms with Gasteiger partial charge in [-0.1, -0.05) is 60.1 Å². The van der Waals surface area contributed by atoms with Crippen molar-refractivity contribution in [3.63, 3.8) is 0 Å².